The first-order chi connectivity index (χ1) is 8.79. The van der Waals surface area contributed by atoms with Crippen molar-refractivity contribution in [3.05, 3.63) is 11.8 Å². The number of nitrogens with zero attached hydrogens (tertiary/aromatic N) is 2. The van der Waals surface area contributed by atoms with Gasteiger partial charge < -0.3 is 19.5 Å². The molecule has 98 valence electrons. The van der Waals surface area contributed by atoms with Gasteiger partial charge in [0.2, 0.25) is 5.76 Å². The highest BCUT2D eigenvalue weighted by Gasteiger charge is 2.39. The fourth-order valence-corrected chi connectivity index (χ4v) is 2.92. The third-order valence-electron chi connectivity index (χ3n) is 3.90. The number of amides is 1. The van der Waals surface area contributed by atoms with Crippen molar-refractivity contribution in [2.75, 3.05) is 26.7 Å². The Morgan fingerprint density at radius 3 is 3.28 bits per heavy atom. The lowest BCUT2D eigenvalue weighted by molar-refractivity contribution is 0.0660. The lowest BCUT2D eigenvalue weighted by Crippen LogP contribution is -2.47. The summed E-state index contributed by atoms with van der Waals surface area (Å²) in [5.41, 5.74) is 0. The van der Waals surface area contributed by atoms with Gasteiger partial charge in [-0.3, -0.25) is 4.79 Å². The van der Waals surface area contributed by atoms with E-state index in [2.05, 4.69) is 10.5 Å². The molecular formula is C12H17N3O3. The predicted octanol–water partition coefficient (Wildman–Crippen LogP) is 0.507. The molecule has 2 fully saturated rings. The molecule has 2 atom stereocenters. The number of nitrogens with one attached hydrogen (secondary N) is 1. The molecule has 3 heterocycles. The van der Waals surface area contributed by atoms with Crippen LogP contribution in [-0.4, -0.2) is 48.7 Å². The van der Waals surface area contributed by atoms with Gasteiger partial charge in [-0.2, -0.15) is 0 Å². The smallest absolute Gasteiger partial charge is 0.292 e. The van der Waals surface area contributed by atoms with E-state index in [4.69, 9.17) is 9.26 Å². The molecule has 0 saturated carbocycles. The number of carbonyl (C=O) groups excluding carboxylic acids is 1. The van der Waals surface area contributed by atoms with Gasteiger partial charge in [-0.15, -0.1) is 0 Å². The number of likely N-dealkylation sites (tertiary alicyclic amines) is 1. The van der Waals surface area contributed by atoms with E-state index < -0.39 is 0 Å². The number of carbonyl (C=O) groups is 1. The van der Waals surface area contributed by atoms with Crippen LogP contribution in [-0.2, 0) is 0 Å². The summed E-state index contributed by atoms with van der Waals surface area (Å²) in [6.07, 6.45) is 2.23. The molecule has 0 aromatic carbocycles. The Bertz CT molecular complexity index is 446. The van der Waals surface area contributed by atoms with Gasteiger partial charge >= 0.3 is 0 Å². The number of hydrogen-bond donors (Lipinski definition) is 1. The fourth-order valence-electron chi connectivity index (χ4n) is 2.92. The molecule has 2 saturated heterocycles. The van der Waals surface area contributed by atoms with Crippen LogP contribution in [0.4, 0.5) is 0 Å². The number of piperidine rings is 1. The monoisotopic (exact) mass is 251 g/mol. The molecule has 6 nitrogen and oxygen atoms in total. The van der Waals surface area contributed by atoms with Crippen molar-refractivity contribution in [1.82, 2.24) is 15.4 Å². The van der Waals surface area contributed by atoms with Crippen LogP contribution in [0.5, 0.6) is 5.88 Å². The molecule has 0 bridgehead atoms. The summed E-state index contributed by atoms with van der Waals surface area (Å²) in [5, 5.41) is 7.01. The van der Waals surface area contributed by atoms with Crippen molar-refractivity contribution in [3.63, 3.8) is 0 Å². The van der Waals surface area contributed by atoms with Crippen LogP contribution in [0.15, 0.2) is 10.6 Å². The number of ether oxygens (including phenoxy) is 1. The highest BCUT2D eigenvalue weighted by Crippen LogP contribution is 2.30. The van der Waals surface area contributed by atoms with E-state index in [1.165, 1.54) is 7.11 Å². The molecule has 6 heteroatoms. The van der Waals surface area contributed by atoms with Gasteiger partial charge in [0.05, 0.1) is 13.2 Å². The van der Waals surface area contributed by atoms with Gasteiger partial charge in [0.1, 0.15) is 0 Å². The Hall–Kier alpha value is -1.56. The highest BCUT2D eigenvalue weighted by atomic mass is 16.5. The molecule has 2 aliphatic heterocycles. The Kier molecular flexibility index (Phi) is 2.95. The number of methoxy groups -OCH3 is 1. The van der Waals surface area contributed by atoms with Crippen LogP contribution in [0.3, 0.4) is 0 Å². The summed E-state index contributed by atoms with van der Waals surface area (Å²) in [7, 11) is 1.50. The van der Waals surface area contributed by atoms with Crippen LogP contribution in [0.2, 0.25) is 0 Å². The average molecular weight is 251 g/mol. The highest BCUT2D eigenvalue weighted by molar-refractivity contribution is 5.92. The first kappa shape index (κ1) is 11.5. The van der Waals surface area contributed by atoms with Gasteiger partial charge in [-0.25, -0.2) is 0 Å². The normalized spacial score (nSPS) is 27.1. The minimum Gasteiger partial charge on any atom is -0.479 e. The molecule has 1 N–H and O–H groups in total. The lowest BCUT2D eigenvalue weighted by atomic mass is 9.93. The molecule has 0 radical (unpaired) electrons. The van der Waals surface area contributed by atoms with Crippen LogP contribution < -0.4 is 10.1 Å². The molecule has 2 aliphatic rings. The van der Waals surface area contributed by atoms with Crippen LogP contribution in [0.1, 0.15) is 23.4 Å². The van der Waals surface area contributed by atoms with Crippen molar-refractivity contribution in [2.24, 2.45) is 5.92 Å². The van der Waals surface area contributed by atoms with E-state index in [0.29, 0.717) is 17.8 Å². The zero-order valence-corrected chi connectivity index (χ0v) is 10.4. The molecule has 0 spiro atoms. The summed E-state index contributed by atoms with van der Waals surface area (Å²) in [4.78, 5) is 14.2. The maximum absolute atomic E-state index is 12.3. The Balaban J connectivity index is 1.76. The zero-order chi connectivity index (χ0) is 12.5. The predicted molar refractivity (Wildman–Crippen MR) is 63.5 cm³/mol. The topological polar surface area (TPSA) is 67.6 Å². The first-order valence-corrected chi connectivity index (χ1v) is 6.32. The summed E-state index contributed by atoms with van der Waals surface area (Å²) in [6.45, 7) is 2.74. The fraction of sp³-hybridized carbons (Fsp3) is 0.667. The zero-order valence-electron chi connectivity index (χ0n) is 10.4. The quantitative estimate of drug-likeness (QED) is 0.829. The van der Waals surface area contributed by atoms with E-state index in [-0.39, 0.29) is 11.7 Å². The van der Waals surface area contributed by atoms with Crippen molar-refractivity contribution in [3.8, 4) is 5.88 Å². The third kappa shape index (κ3) is 1.86. The van der Waals surface area contributed by atoms with Crippen LogP contribution in [0, 0.1) is 5.92 Å². The van der Waals surface area contributed by atoms with Gasteiger partial charge in [0.25, 0.3) is 11.8 Å². The Labute approximate surface area is 105 Å². The lowest BCUT2D eigenvalue weighted by Gasteiger charge is -2.31. The first-order valence-electron chi connectivity index (χ1n) is 6.32. The van der Waals surface area contributed by atoms with Crippen LogP contribution in [0.25, 0.3) is 0 Å². The van der Waals surface area contributed by atoms with E-state index in [1.807, 2.05) is 4.90 Å². The molecular weight excluding hydrogens is 234 g/mol. The molecule has 1 aromatic heterocycles. The standard InChI is InChI=1S/C12H17N3O3/c1-17-11-6-10(18-14-11)12(16)15-5-3-8-2-4-13-7-9(8)15/h6,8-9,13H,2-5,7H2,1H3. The average Bonchev–Trinajstić information content (AvgIpc) is 3.04. The second-order valence-electron chi connectivity index (χ2n) is 4.84. The minimum absolute atomic E-state index is 0.0815. The maximum atomic E-state index is 12.3. The molecule has 1 aromatic rings. The SMILES string of the molecule is COc1cc(C(=O)N2CCC3CCNCC32)on1. The van der Waals surface area contributed by atoms with E-state index >= 15 is 0 Å². The summed E-state index contributed by atoms with van der Waals surface area (Å²) >= 11 is 0. The summed E-state index contributed by atoms with van der Waals surface area (Å²) < 4.78 is 9.95. The number of aromatic nitrogens is 1. The number of hydrogen-bond acceptors (Lipinski definition) is 5. The van der Waals surface area contributed by atoms with Crippen molar-refractivity contribution in [1.29, 1.82) is 0 Å². The molecule has 1 amide bonds. The van der Waals surface area contributed by atoms with Crippen molar-refractivity contribution < 1.29 is 14.1 Å². The minimum atomic E-state index is -0.0815. The molecule has 0 aliphatic carbocycles. The van der Waals surface area contributed by atoms with Gasteiger partial charge in [-0.05, 0) is 30.5 Å². The summed E-state index contributed by atoms with van der Waals surface area (Å²) in [5.74, 6) is 1.15. The third-order valence-corrected chi connectivity index (χ3v) is 3.90. The summed E-state index contributed by atoms with van der Waals surface area (Å²) in [6, 6.07) is 1.84. The second-order valence-corrected chi connectivity index (χ2v) is 4.84. The van der Waals surface area contributed by atoms with Crippen molar-refractivity contribution in [2.45, 2.75) is 18.9 Å². The maximum Gasteiger partial charge on any atom is 0.292 e. The van der Waals surface area contributed by atoms with Gasteiger partial charge in [0, 0.05) is 19.1 Å². The number of fused-ring (bicyclic) bond motifs is 1. The van der Waals surface area contributed by atoms with Crippen molar-refractivity contribution >= 4 is 5.91 Å². The Morgan fingerprint density at radius 2 is 2.50 bits per heavy atom. The Morgan fingerprint density at radius 1 is 1.61 bits per heavy atom. The van der Waals surface area contributed by atoms with E-state index in [0.717, 1.165) is 32.5 Å². The van der Waals surface area contributed by atoms with Crippen LogP contribution >= 0.6 is 0 Å². The second kappa shape index (κ2) is 4.61. The molecule has 2 unspecified atom stereocenters. The van der Waals surface area contributed by atoms with Gasteiger partial charge in [-0.1, -0.05) is 0 Å². The van der Waals surface area contributed by atoms with Gasteiger partial charge in [0.15, 0.2) is 0 Å². The molecule has 18 heavy (non-hydrogen) atoms. The van der Waals surface area contributed by atoms with E-state index in [9.17, 15) is 4.79 Å². The molecule has 3 rings (SSSR count). The largest absolute Gasteiger partial charge is 0.479 e. The number of rotatable bonds is 2. The van der Waals surface area contributed by atoms with E-state index in [1.54, 1.807) is 6.07 Å².